The van der Waals surface area contributed by atoms with Gasteiger partial charge in [-0.1, -0.05) is 11.6 Å². The van der Waals surface area contributed by atoms with E-state index in [2.05, 4.69) is 37.9 Å². The molecule has 1 fully saturated rings. The van der Waals surface area contributed by atoms with E-state index in [-0.39, 0.29) is 5.91 Å². The predicted octanol–water partition coefficient (Wildman–Crippen LogP) is 3.52. The molecule has 0 aromatic carbocycles. The van der Waals surface area contributed by atoms with E-state index in [9.17, 15) is 4.79 Å². The second kappa shape index (κ2) is 7.08. The van der Waals surface area contributed by atoms with Crippen molar-refractivity contribution in [2.75, 3.05) is 26.2 Å². The summed E-state index contributed by atoms with van der Waals surface area (Å²) < 4.78 is 1.16. The molecule has 2 aromatic heterocycles. The molecule has 0 radical (unpaired) electrons. The van der Waals surface area contributed by atoms with Crippen LogP contribution < -0.4 is 0 Å². The van der Waals surface area contributed by atoms with Gasteiger partial charge < -0.3 is 4.90 Å². The Labute approximate surface area is 146 Å². The minimum absolute atomic E-state index is 0.0304. The zero-order valence-electron chi connectivity index (χ0n) is 11.8. The first kappa shape index (κ1) is 15.9. The van der Waals surface area contributed by atoms with Gasteiger partial charge >= 0.3 is 0 Å². The average Bonchev–Trinajstić information content (AvgIpc) is 2.92. The largest absolute Gasteiger partial charge is 0.336 e. The van der Waals surface area contributed by atoms with Crippen LogP contribution >= 0.6 is 38.9 Å². The number of thiophene rings is 1. The molecule has 0 aliphatic carbocycles. The minimum atomic E-state index is 0.0304. The smallest absolute Gasteiger partial charge is 0.254 e. The van der Waals surface area contributed by atoms with Gasteiger partial charge in [-0.25, -0.2) is 4.98 Å². The van der Waals surface area contributed by atoms with Crippen molar-refractivity contribution in [3.8, 4) is 0 Å². The van der Waals surface area contributed by atoms with Crippen molar-refractivity contribution < 1.29 is 4.79 Å². The summed E-state index contributed by atoms with van der Waals surface area (Å²) in [6.45, 7) is 4.20. The van der Waals surface area contributed by atoms with Crippen LogP contribution in [-0.4, -0.2) is 46.9 Å². The summed E-state index contributed by atoms with van der Waals surface area (Å²) in [5, 5.41) is 0.354. The molecule has 1 aliphatic heterocycles. The van der Waals surface area contributed by atoms with E-state index in [1.54, 1.807) is 29.7 Å². The van der Waals surface area contributed by atoms with E-state index >= 15 is 0 Å². The molecule has 1 aliphatic rings. The van der Waals surface area contributed by atoms with Gasteiger partial charge in [-0.3, -0.25) is 9.69 Å². The van der Waals surface area contributed by atoms with Gasteiger partial charge in [-0.2, -0.15) is 0 Å². The number of carbonyl (C=O) groups excluding carboxylic acids is 1. The number of carbonyl (C=O) groups is 1. The van der Waals surface area contributed by atoms with Gasteiger partial charge in [0.15, 0.2) is 0 Å². The summed E-state index contributed by atoms with van der Waals surface area (Å²) in [6.07, 6.45) is 1.57. The van der Waals surface area contributed by atoms with Gasteiger partial charge in [-0.15, -0.1) is 11.3 Å². The third-order valence-electron chi connectivity index (χ3n) is 3.64. The van der Waals surface area contributed by atoms with Crippen LogP contribution in [0.25, 0.3) is 0 Å². The highest BCUT2D eigenvalue weighted by Crippen LogP contribution is 2.23. The highest BCUT2D eigenvalue weighted by atomic mass is 79.9. The number of hydrogen-bond acceptors (Lipinski definition) is 4. The van der Waals surface area contributed by atoms with E-state index in [0.717, 1.165) is 36.5 Å². The molecular formula is C15H15BrClN3OS. The standard InChI is InChI=1S/C15H15BrClN3OS/c16-13-2-1-12(22-13)10-19-5-7-20(8-6-19)15(21)11-3-4-18-14(17)9-11/h1-4,9H,5-8,10H2. The lowest BCUT2D eigenvalue weighted by atomic mass is 10.2. The van der Waals surface area contributed by atoms with Crippen LogP contribution in [-0.2, 0) is 6.54 Å². The lowest BCUT2D eigenvalue weighted by Gasteiger charge is -2.34. The van der Waals surface area contributed by atoms with Gasteiger partial charge in [0.2, 0.25) is 0 Å². The monoisotopic (exact) mass is 399 g/mol. The van der Waals surface area contributed by atoms with Gasteiger partial charge in [-0.05, 0) is 40.2 Å². The maximum absolute atomic E-state index is 12.4. The molecule has 116 valence electrons. The van der Waals surface area contributed by atoms with Crippen LogP contribution in [0.3, 0.4) is 0 Å². The molecule has 3 rings (SSSR count). The van der Waals surface area contributed by atoms with Crippen LogP contribution in [0, 0.1) is 0 Å². The number of amides is 1. The van der Waals surface area contributed by atoms with Crippen molar-refractivity contribution in [2.45, 2.75) is 6.54 Å². The van der Waals surface area contributed by atoms with E-state index in [1.807, 2.05) is 4.90 Å². The second-order valence-electron chi connectivity index (χ2n) is 5.14. The Balaban J connectivity index is 1.56. The molecule has 0 spiro atoms. The topological polar surface area (TPSA) is 36.4 Å². The highest BCUT2D eigenvalue weighted by Gasteiger charge is 2.22. The van der Waals surface area contributed by atoms with Gasteiger partial charge in [0, 0.05) is 49.4 Å². The van der Waals surface area contributed by atoms with Crippen LogP contribution in [0.5, 0.6) is 0 Å². The van der Waals surface area contributed by atoms with Crippen molar-refractivity contribution in [1.29, 1.82) is 0 Å². The van der Waals surface area contributed by atoms with Gasteiger partial charge in [0.05, 0.1) is 3.79 Å². The molecule has 0 unspecified atom stereocenters. The SMILES string of the molecule is O=C(c1ccnc(Cl)c1)N1CCN(Cc2ccc(Br)s2)CC1. The predicted molar refractivity (Wildman–Crippen MR) is 92.4 cm³/mol. The Hall–Kier alpha value is -0.950. The first-order valence-corrected chi connectivity index (χ1v) is 8.98. The molecular weight excluding hydrogens is 386 g/mol. The Kier molecular flexibility index (Phi) is 5.13. The fourth-order valence-electron chi connectivity index (χ4n) is 2.48. The maximum Gasteiger partial charge on any atom is 0.254 e. The summed E-state index contributed by atoms with van der Waals surface area (Å²) in [7, 11) is 0. The van der Waals surface area contributed by atoms with Crippen molar-refractivity contribution in [3.63, 3.8) is 0 Å². The molecule has 1 saturated heterocycles. The fourth-order valence-corrected chi connectivity index (χ4v) is 4.18. The lowest BCUT2D eigenvalue weighted by Crippen LogP contribution is -2.48. The Morgan fingerprint density at radius 3 is 2.68 bits per heavy atom. The number of nitrogens with zero attached hydrogens (tertiary/aromatic N) is 3. The number of pyridine rings is 1. The van der Waals surface area contributed by atoms with Crippen molar-refractivity contribution in [1.82, 2.24) is 14.8 Å². The second-order valence-corrected chi connectivity index (χ2v) is 8.08. The molecule has 0 N–H and O–H groups in total. The molecule has 0 saturated carbocycles. The summed E-state index contributed by atoms with van der Waals surface area (Å²) in [6, 6.07) is 7.56. The Bertz CT molecular complexity index is 670. The van der Waals surface area contributed by atoms with Crippen molar-refractivity contribution in [2.24, 2.45) is 0 Å². The molecule has 3 heterocycles. The van der Waals surface area contributed by atoms with Crippen LogP contribution in [0.15, 0.2) is 34.2 Å². The molecule has 2 aromatic rings. The Morgan fingerprint density at radius 2 is 2.05 bits per heavy atom. The van der Waals surface area contributed by atoms with Crippen LogP contribution in [0.1, 0.15) is 15.2 Å². The number of hydrogen-bond donors (Lipinski definition) is 0. The third kappa shape index (κ3) is 3.87. The van der Waals surface area contributed by atoms with Gasteiger partial charge in [0.25, 0.3) is 5.91 Å². The molecule has 22 heavy (non-hydrogen) atoms. The number of piperazine rings is 1. The summed E-state index contributed by atoms with van der Waals surface area (Å²) in [5.74, 6) is 0.0304. The van der Waals surface area contributed by atoms with E-state index in [1.165, 1.54) is 4.88 Å². The minimum Gasteiger partial charge on any atom is -0.336 e. The molecule has 0 bridgehead atoms. The lowest BCUT2D eigenvalue weighted by molar-refractivity contribution is 0.0629. The number of aromatic nitrogens is 1. The van der Waals surface area contributed by atoms with Crippen LogP contribution in [0.2, 0.25) is 5.15 Å². The zero-order chi connectivity index (χ0) is 15.5. The number of rotatable bonds is 3. The van der Waals surface area contributed by atoms with E-state index < -0.39 is 0 Å². The van der Waals surface area contributed by atoms with E-state index in [0.29, 0.717) is 10.7 Å². The first-order chi connectivity index (χ1) is 10.6. The normalized spacial score (nSPS) is 16.0. The van der Waals surface area contributed by atoms with E-state index in [4.69, 9.17) is 11.6 Å². The maximum atomic E-state index is 12.4. The summed E-state index contributed by atoms with van der Waals surface area (Å²) in [4.78, 5) is 21.9. The highest BCUT2D eigenvalue weighted by molar-refractivity contribution is 9.11. The molecule has 4 nitrogen and oxygen atoms in total. The van der Waals surface area contributed by atoms with Crippen molar-refractivity contribution in [3.05, 3.63) is 49.8 Å². The van der Waals surface area contributed by atoms with Gasteiger partial charge in [0.1, 0.15) is 5.15 Å². The molecule has 1 amide bonds. The Morgan fingerprint density at radius 1 is 1.27 bits per heavy atom. The zero-order valence-corrected chi connectivity index (χ0v) is 15.0. The van der Waals surface area contributed by atoms with Crippen LogP contribution in [0.4, 0.5) is 0 Å². The van der Waals surface area contributed by atoms with Crippen molar-refractivity contribution >= 4 is 44.8 Å². The number of halogens is 2. The summed E-state index contributed by atoms with van der Waals surface area (Å²) in [5.41, 5.74) is 0.607. The average molecular weight is 401 g/mol. The third-order valence-corrected chi connectivity index (χ3v) is 5.46. The molecule has 7 heteroatoms. The quantitative estimate of drug-likeness (QED) is 0.740. The summed E-state index contributed by atoms with van der Waals surface area (Å²) >= 11 is 11.1. The fraction of sp³-hybridized carbons (Fsp3) is 0.333. The first-order valence-electron chi connectivity index (χ1n) is 6.99. The molecule has 0 atom stereocenters.